The largest absolute Gasteiger partial charge is 0.462 e. The van der Waals surface area contributed by atoms with Gasteiger partial charge in [-0.3, -0.25) is 14.4 Å². The molecule has 6 nitrogen and oxygen atoms in total. The molecule has 0 aromatic rings. The van der Waals surface area contributed by atoms with Gasteiger partial charge in [-0.1, -0.05) is 221 Å². The molecule has 0 amide bonds. The summed E-state index contributed by atoms with van der Waals surface area (Å²) in [6.45, 7) is 6.34. The molecule has 0 rings (SSSR count). The predicted octanol–water partition coefficient (Wildman–Crippen LogP) is 18.1. The highest BCUT2D eigenvalue weighted by molar-refractivity contribution is 5.71. The Balaban J connectivity index is 4.42. The molecule has 0 bridgehead atoms. The van der Waals surface area contributed by atoms with Crippen molar-refractivity contribution in [1.29, 1.82) is 0 Å². The van der Waals surface area contributed by atoms with Gasteiger partial charge in [-0.2, -0.15) is 0 Å². The molecular formula is C60H100O6. The predicted molar refractivity (Wildman–Crippen MR) is 284 cm³/mol. The Hall–Kier alpha value is -3.67. The third-order valence-corrected chi connectivity index (χ3v) is 11.3. The van der Waals surface area contributed by atoms with Crippen LogP contribution in [0.4, 0.5) is 0 Å². The van der Waals surface area contributed by atoms with E-state index in [0.717, 1.165) is 103 Å². The van der Waals surface area contributed by atoms with Crippen LogP contribution < -0.4 is 0 Å². The number of unbranched alkanes of at least 4 members (excludes halogenated alkanes) is 22. The molecule has 1 atom stereocenters. The van der Waals surface area contributed by atoms with E-state index in [1.54, 1.807) is 0 Å². The first-order valence-electron chi connectivity index (χ1n) is 27.3. The lowest BCUT2D eigenvalue weighted by Gasteiger charge is -2.18. The van der Waals surface area contributed by atoms with E-state index in [1.165, 1.54) is 96.3 Å². The lowest BCUT2D eigenvalue weighted by molar-refractivity contribution is -0.167. The van der Waals surface area contributed by atoms with Crippen LogP contribution >= 0.6 is 0 Å². The SMILES string of the molecule is CC/C=C\C/C=C\C/C=C\CCCCCCCCCCCC(=O)OCC(COC(=O)CCC/C=C\C/C=C\C/C=C\CC)OC(=O)CCCCCCC/C=C\C=C/CCCCCCCCC. The molecule has 0 fully saturated rings. The Morgan fingerprint density at radius 1 is 0.333 bits per heavy atom. The van der Waals surface area contributed by atoms with E-state index in [-0.39, 0.29) is 37.5 Å². The van der Waals surface area contributed by atoms with E-state index in [0.29, 0.717) is 19.3 Å². The molecule has 0 aliphatic carbocycles. The first-order chi connectivity index (χ1) is 32.5. The molecule has 0 N–H and O–H groups in total. The first kappa shape index (κ1) is 62.3. The fourth-order valence-corrected chi connectivity index (χ4v) is 7.29. The second-order valence-electron chi connectivity index (χ2n) is 17.8. The Bertz CT molecular complexity index is 1330. The number of carbonyl (C=O) groups is 3. The van der Waals surface area contributed by atoms with Gasteiger partial charge in [-0.25, -0.2) is 0 Å². The van der Waals surface area contributed by atoms with Crippen LogP contribution in [0.1, 0.15) is 245 Å². The normalized spacial score (nSPS) is 12.8. The van der Waals surface area contributed by atoms with Crippen molar-refractivity contribution in [1.82, 2.24) is 0 Å². The second-order valence-corrected chi connectivity index (χ2v) is 17.8. The van der Waals surface area contributed by atoms with Crippen molar-refractivity contribution in [3.8, 4) is 0 Å². The summed E-state index contributed by atoms with van der Waals surface area (Å²) >= 11 is 0. The van der Waals surface area contributed by atoms with E-state index in [4.69, 9.17) is 14.2 Å². The fourth-order valence-electron chi connectivity index (χ4n) is 7.29. The maximum atomic E-state index is 12.8. The molecular weight excluding hydrogens is 817 g/mol. The fraction of sp³-hybridized carbons (Fsp3) is 0.683. The molecule has 0 aliphatic heterocycles. The molecule has 376 valence electrons. The number of esters is 3. The number of allylic oxidation sites excluding steroid dienone is 16. The number of ether oxygens (including phenoxy) is 3. The maximum Gasteiger partial charge on any atom is 0.306 e. The van der Waals surface area contributed by atoms with Gasteiger partial charge in [0.2, 0.25) is 0 Å². The zero-order chi connectivity index (χ0) is 47.9. The molecule has 0 saturated heterocycles. The van der Waals surface area contributed by atoms with Crippen molar-refractivity contribution in [2.75, 3.05) is 13.2 Å². The summed E-state index contributed by atoms with van der Waals surface area (Å²) in [5, 5.41) is 0. The molecule has 0 aliphatic rings. The minimum atomic E-state index is -0.809. The zero-order valence-corrected chi connectivity index (χ0v) is 42.9. The van der Waals surface area contributed by atoms with Crippen molar-refractivity contribution >= 4 is 17.9 Å². The smallest absolute Gasteiger partial charge is 0.306 e. The molecule has 0 aromatic heterocycles. The number of carbonyl (C=O) groups excluding carboxylic acids is 3. The van der Waals surface area contributed by atoms with Crippen LogP contribution in [0.5, 0.6) is 0 Å². The average Bonchev–Trinajstić information content (AvgIpc) is 3.31. The van der Waals surface area contributed by atoms with Gasteiger partial charge in [0.25, 0.3) is 0 Å². The summed E-state index contributed by atoms with van der Waals surface area (Å²) in [7, 11) is 0. The third-order valence-electron chi connectivity index (χ3n) is 11.3. The molecule has 0 aromatic carbocycles. The Morgan fingerprint density at radius 3 is 1.08 bits per heavy atom. The van der Waals surface area contributed by atoms with Crippen LogP contribution in [-0.4, -0.2) is 37.2 Å². The minimum absolute atomic E-state index is 0.103. The topological polar surface area (TPSA) is 78.9 Å². The van der Waals surface area contributed by atoms with Gasteiger partial charge in [-0.15, -0.1) is 0 Å². The van der Waals surface area contributed by atoms with Crippen molar-refractivity contribution in [2.45, 2.75) is 252 Å². The lowest BCUT2D eigenvalue weighted by Crippen LogP contribution is -2.30. The van der Waals surface area contributed by atoms with Gasteiger partial charge in [0.15, 0.2) is 6.10 Å². The van der Waals surface area contributed by atoms with Crippen LogP contribution in [0.15, 0.2) is 97.2 Å². The van der Waals surface area contributed by atoms with Crippen LogP contribution in [0, 0.1) is 0 Å². The van der Waals surface area contributed by atoms with E-state index >= 15 is 0 Å². The second kappa shape index (κ2) is 53.9. The molecule has 0 saturated carbocycles. The molecule has 0 heterocycles. The summed E-state index contributed by atoms with van der Waals surface area (Å²) in [6, 6.07) is 0. The van der Waals surface area contributed by atoms with Gasteiger partial charge in [0, 0.05) is 19.3 Å². The molecule has 6 heteroatoms. The van der Waals surface area contributed by atoms with Crippen LogP contribution in [0.25, 0.3) is 0 Å². The number of hydrogen-bond donors (Lipinski definition) is 0. The Labute approximate surface area is 407 Å². The summed E-state index contributed by atoms with van der Waals surface area (Å²) in [6.07, 6.45) is 71.2. The third kappa shape index (κ3) is 51.3. The molecule has 1 unspecified atom stereocenters. The highest BCUT2D eigenvalue weighted by atomic mass is 16.6. The summed E-state index contributed by atoms with van der Waals surface area (Å²) in [5.41, 5.74) is 0. The Morgan fingerprint density at radius 2 is 0.652 bits per heavy atom. The monoisotopic (exact) mass is 917 g/mol. The van der Waals surface area contributed by atoms with E-state index in [2.05, 4.69) is 118 Å². The summed E-state index contributed by atoms with van der Waals surface area (Å²) in [5.74, 6) is -0.981. The van der Waals surface area contributed by atoms with Crippen molar-refractivity contribution < 1.29 is 28.6 Å². The minimum Gasteiger partial charge on any atom is -0.462 e. The zero-order valence-electron chi connectivity index (χ0n) is 42.9. The van der Waals surface area contributed by atoms with Crippen molar-refractivity contribution in [3.05, 3.63) is 97.2 Å². The van der Waals surface area contributed by atoms with Crippen LogP contribution in [0.3, 0.4) is 0 Å². The molecule has 66 heavy (non-hydrogen) atoms. The summed E-state index contributed by atoms with van der Waals surface area (Å²) in [4.78, 5) is 38.0. The standard InChI is InChI=1S/C60H100O6/c1-4-7-10-13-16-19-22-24-26-28-30-32-33-35-38-41-44-47-50-53-59(62)65-56-57(55-64-58(61)52-49-46-43-40-37-21-18-15-12-9-6-3)66-60(63)54-51-48-45-42-39-36-34-31-29-27-25-23-20-17-14-11-8-5-2/h7,9-10,12,16,18-19,21,24,26-27,29,31,34,40,43,57H,4-6,8,11,13-15,17,20,22-23,25,28,30,32-33,35-39,41-42,44-56H2,1-3H3/b10-7-,12-9-,19-16-,21-18-,26-24-,29-27-,34-31-,43-40-. The number of rotatable bonds is 48. The van der Waals surface area contributed by atoms with Crippen molar-refractivity contribution in [2.24, 2.45) is 0 Å². The lowest BCUT2D eigenvalue weighted by atomic mass is 10.1. The Kier molecular flexibility index (Phi) is 50.9. The quantitative estimate of drug-likeness (QED) is 0.0199. The van der Waals surface area contributed by atoms with E-state index in [9.17, 15) is 14.4 Å². The van der Waals surface area contributed by atoms with Gasteiger partial charge in [0.05, 0.1) is 0 Å². The van der Waals surface area contributed by atoms with Crippen LogP contribution in [-0.2, 0) is 28.6 Å². The molecule has 0 spiro atoms. The van der Waals surface area contributed by atoms with E-state index < -0.39 is 6.10 Å². The van der Waals surface area contributed by atoms with Gasteiger partial charge in [0.1, 0.15) is 13.2 Å². The highest BCUT2D eigenvalue weighted by Gasteiger charge is 2.19. The van der Waals surface area contributed by atoms with Gasteiger partial charge >= 0.3 is 17.9 Å². The highest BCUT2D eigenvalue weighted by Crippen LogP contribution is 2.14. The van der Waals surface area contributed by atoms with Gasteiger partial charge < -0.3 is 14.2 Å². The van der Waals surface area contributed by atoms with Crippen LogP contribution in [0.2, 0.25) is 0 Å². The molecule has 0 radical (unpaired) electrons. The average molecular weight is 917 g/mol. The number of hydrogen-bond acceptors (Lipinski definition) is 6. The van der Waals surface area contributed by atoms with E-state index in [1.807, 2.05) is 0 Å². The van der Waals surface area contributed by atoms with Gasteiger partial charge in [-0.05, 0) is 103 Å². The first-order valence-corrected chi connectivity index (χ1v) is 27.3. The maximum absolute atomic E-state index is 12.8. The van der Waals surface area contributed by atoms with Crippen molar-refractivity contribution in [3.63, 3.8) is 0 Å². The summed E-state index contributed by atoms with van der Waals surface area (Å²) < 4.78 is 16.8.